The van der Waals surface area contributed by atoms with Gasteiger partial charge in [-0.2, -0.15) is 0 Å². The van der Waals surface area contributed by atoms with Gasteiger partial charge in [-0.15, -0.1) is 5.92 Å². The van der Waals surface area contributed by atoms with Gasteiger partial charge in [-0.25, -0.2) is 4.79 Å². The Morgan fingerprint density at radius 2 is 1.62 bits per heavy atom. The van der Waals surface area contributed by atoms with E-state index in [1.54, 1.807) is 6.08 Å². The van der Waals surface area contributed by atoms with E-state index in [-0.39, 0.29) is 25.0 Å². The second kappa shape index (κ2) is 16.3. The molecular formula is C51H72O7. The topological polar surface area (TPSA) is 113 Å². The quantitative estimate of drug-likeness (QED) is 0.143. The second-order valence-electron chi connectivity index (χ2n) is 21.3. The normalized spacial score (nSPS) is 38.7. The third-order valence-electron chi connectivity index (χ3n) is 18.0. The summed E-state index contributed by atoms with van der Waals surface area (Å²) in [6.45, 7) is 6.84. The maximum absolute atomic E-state index is 14.8. The summed E-state index contributed by atoms with van der Waals surface area (Å²) in [4.78, 5) is 27.1. The van der Waals surface area contributed by atoms with E-state index < -0.39 is 51.5 Å². The highest BCUT2D eigenvalue weighted by molar-refractivity contribution is 5.85. The molecule has 5 aliphatic carbocycles. The van der Waals surface area contributed by atoms with Crippen molar-refractivity contribution < 1.29 is 34.4 Å². The van der Waals surface area contributed by atoms with Crippen LogP contribution in [0.5, 0.6) is 0 Å². The average Bonchev–Trinajstić information content (AvgIpc) is 3.99. The Kier molecular flexibility index (Phi) is 11.8. The lowest BCUT2D eigenvalue weighted by molar-refractivity contribution is -0.338. The molecule has 0 amide bonds. The molecule has 2 heterocycles. The summed E-state index contributed by atoms with van der Waals surface area (Å²) in [6, 6.07) is 10.6. The molecule has 2 bridgehead atoms. The average molecular weight is 797 g/mol. The lowest BCUT2D eigenvalue weighted by Gasteiger charge is -2.71. The number of esters is 2. The standard InChI is InChI=1S/C51H72O7/c1-36(14-12-17-37-15-6-4-7-16-37)18-19-41(52)51-42(53)22-29-47(3,39-21-30-48(33-39)24-10-11-25-48)44(51)40-34-46(2,50(51,56)31-20-38-32-43(54)57-35-38)23-13-28-49(45(55)58-40)26-8-5-9-27-49/h4,6-7,15-16,32,36,39-42,44,52-53,56H,5,8-12,14,17-22,24-31,33-35H2,1-3H3/t36-,39-,40+,41+,42+,44+,46+,47+,50-,51+/m1/s1. The van der Waals surface area contributed by atoms with E-state index in [1.807, 2.05) is 6.92 Å². The third kappa shape index (κ3) is 7.21. The van der Waals surface area contributed by atoms with Gasteiger partial charge in [0.2, 0.25) is 0 Å². The number of hydrogen-bond acceptors (Lipinski definition) is 7. The van der Waals surface area contributed by atoms with E-state index >= 15 is 0 Å². The highest BCUT2D eigenvalue weighted by Gasteiger charge is 2.78. The summed E-state index contributed by atoms with van der Waals surface area (Å²) < 4.78 is 12.4. The first-order valence-corrected chi connectivity index (χ1v) is 23.5. The van der Waals surface area contributed by atoms with Crippen LogP contribution in [0.25, 0.3) is 0 Å². The minimum absolute atomic E-state index is 0.163. The smallest absolute Gasteiger partial charge is 0.331 e. The summed E-state index contributed by atoms with van der Waals surface area (Å²) in [5.74, 6) is 6.78. The van der Waals surface area contributed by atoms with Gasteiger partial charge in [0, 0.05) is 24.8 Å². The van der Waals surface area contributed by atoms with Crippen molar-refractivity contribution in [3.63, 3.8) is 0 Å². The minimum atomic E-state index is -1.67. The number of aliphatic hydroxyl groups excluding tert-OH is 2. The van der Waals surface area contributed by atoms with Crippen LogP contribution in [-0.4, -0.2) is 57.8 Å². The van der Waals surface area contributed by atoms with Crippen LogP contribution in [0.1, 0.15) is 168 Å². The molecule has 3 N–H and O–H groups in total. The fourth-order valence-corrected chi connectivity index (χ4v) is 14.7. The number of aliphatic hydroxyl groups is 3. The van der Waals surface area contributed by atoms with Gasteiger partial charge >= 0.3 is 11.9 Å². The number of hydrogen-bond donors (Lipinski definition) is 3. The van der Waals surface area contributed by atoms with Crippen molar-refractivity contribution in [3.8, 4) is 11.8 Å². The Hall–Kier alpha value is -2.66. The van der Waals surface area contributed by atoms with Gasteiger partial charge < -0.3 is 24.8 Å². The number of carbonyl (C=O) groups is 2. The lowest BCUT2D eigenvalue weighted by atomic mass is 9.35. The molecular weight excluding hydrogens is 725 g/mol. The molecule has 0 aromatic heterocycles. The first-order chi connectivity index (χ1) is 27.8. The van der Waals surface area contributed by atoms with Gasteiger partial charge in [0.05, 0.1) is 34.1 Å². The van der Waals surface area contributed by atoms with Crippen molar-refractivity contribution in [2.75, 3.05) is 6.61 Å². The Morgan fingerprint density at radius 3 is 2.34 bits per heavy atom. The zero-order valence-corrected chi connectivity index (χ0v) is 35.9. The van der Waals surface area contributed by atoms with E-state index in [1.165, 1.54) is 37.7 Å². The number of fused-ring (bicyclic) bond motifs is 4. The largest absolute Gasteiger partial charge is 0.462 e. The maximum atomic E-state index is 14.8. The second-order valence-corrected chi connectivity index (χ2v) is 21.3. The molecule has 8 rings (SSSR count). The minimum Gasteiger partial charge on any atom is -0.462 e. The lowest BCUT2D eigenvalue weighted by Crippen LogP contribution is -2.79. The summed E-state index contributed by atoms with van der Waals surface area (Å²) in [5.41, 5.74) is -2.80. The first-order valence-electron chi connectivity index (χ1n) is 23.5. The van der Waals surface area contributed by atoms with E-state index in [4.69, 9.17) is 9.47 Å². The number of benzene rings is 1. The fraction of sp³-hybridized carbons (Fsp3) is 0.765. The predicted octanol–water partition coefficient (Wildman–Crippen LogP) is 9.58. The highest BCUT2D eigenvalue weighted by atomic mass is 16.5. The molecule has 7 nitrogen and oxygen atoms in total. The maximum Gasteiger partial charge on any atom is 0.331 e. The molecule has 318 valence electrons. The third-order valence-corrected chi connectivity index (χ3v) is 18.0. The van der Waals surface area contributed by atoms with Gasteiger partial charge in [-0.05, 0) is 137 Å². The molecule has 7 aliphatic rings. The molecule has 0 radical (unpaired) electrons. The summed E-state index contributed by atoms with van der Waals surface area (Å²) >= 11 is 0. The van der Waals surface area contributed by atoms with Gasteiger partial charge in [0.25, 0.3) is 0 Å². The summed E-state index contributed by atoms with van der Waals surface area (Å²) in [7, 11) is 0. The van der Waals surface area contributed by atoms with Crippen molar-refractivity contribution in [2.24, 2.45) is 44.8 Å². The molecule has 58 heavy (non-hydrogen) atoms. The molecule has 0 unspecified atom stereocenters. The van der Waals surface area contributed by atoms with E-state index in [2.05, 4.69) is 56.0 Å². The number of rotatable bonds is 12. The molecule has 7 heteroatoms. The zero-order valence-electron chi connectivity index (χ0n) is 35.9. The highest BCUT2D eigenvalue weighted by Crippen LogP contribution is 2.73. The van der Waals surface area contributed by atoms with E-state index in [9.17, 15) is 24.9 Å². The van der Waals surface area contributed by atoms with Crippen LogP contribution >= 0.6 is 0 Å². The van der Waals surface area contributed by atoms with Gasteiger partial charge in [-0.1, -0.05) is 88.6 Å². The molecule has 1 aromatic carbocycles. The molecule has 5 saturated carbocycles. The summed E-state index contributed by atoms with van der Waals surface area (Å²) in [5, 5.41) is 40.6. The zero-order chi connectivity index (χ0) is 40.8. The first kappa shape index (κ1) is 42.0. The van der Waals surface area contributed by atoms with Crippen LogP contribution in [-0.2, 0) is 25.5 Å². The van der Waals surface area contributed by atoms with Crippen LogP contribution in [0.4, 0.5) is 0 Å². The van der Waals surface area contributed by atoms with Crippen LogP contribution in [0.2, 0.25) is 0 Å². The molecule has 0 saturated heterocycles. The molecule has 2 aliphatic heterocycles. The Balaban J connectivity index is 1.22. The van der Waals surface area contributed by atoms with E-state index in [0.717, 1.165) is 82.6 Å². The molecule has 5 fully saturated rings. The summed E-state index contributed by atoms with van der Waals surface area (Å²) in [6.07, 6.45) is 18.6. The van der Waals surface area contributed by atoms with Crippen LogP contribution in [0, 0.1) is 56.7 Å². The van der Waals surface area contributed by atoms with Gasteiger partial charge in [0.1, 0.15) is 12.7 Å². The van der Waals surface area contributed by atoms with E-state index in [0.29, 0.717) is 49.4 Å². The monoisotopic (exact) mass is 797 g/mol. The van der Waals surface area contributed by atoms with Crippen LogP contribution < -0.4 is 0 Å². The van der Waals surface area contributed by atoms with Crippen molar-refractivity contribution >= 4 is 11.9 Å². The number of ether oxygens (including phenoxy) is 2. The Morgan fingerprint density at radius 1 is 0.879 bits per heavy atom. The Bertz CT molecular complexity index is 1750. The SMILES string of the molecule is C[C@H](CCCc1ccccc1)CC[C@H](O)[C@]12[C@@H](O)CC[C@@](C)([C@@H]3CCC4(CCCC4)C3)[C@@H]1[C@@H]1C[C@](C)(C#CCC3(CCCCC3)C(=O)O1)[C@]2(O)CCC1=CC(=O)OC1. The Labute approximate surface area is 348 Å². The van der Waals surface area contributed by atoms with Crippen molar-refractivity contribution in [1.29, 1.82) is 0 Å². The number of carbonyl (C=O) groups excluding carboxylic acids is 2. The van der Waals surface area contributed by atoms with Crippen LogP contribution in [0.15, 0.2) is 42.0 Å². The fourth-order valence-electron chi connectivity index (χ4n) is 14.7. The van der Waals surface area contributed by atoms with Crippen molar-refractivity contribution in [2.45, 2.75) is 192 Å². The van der Waals surface area contributed by atoms with Crippen molar-refractivity contribution in [1.82, 2.24) is 0 Å². The predicted molar refractivity (Wildman–Crippen MR) is 225 cm³/mol. The van der Waals surface area contributed by atoms with Gasteiger partial charge in [-0.3, -0.25) is 4.79 Å². The van der Waals surface area contributed by atoms with Gasteiger partial charge in [0.15, 0.2) is 0 Å². The van der Waals surface area contributed by atoms with Crippen molar-refractivity contribution in [3.05, 3.63) is 47.5 Å². The number of aryl methyl sites for hydroxylation is 1. The number of cyclic esters (lactones) is 1. The molecule has 1 aromatic rings. The van der Waals surface area contributed by atoms with Crippen LogP contribution in [0.3, 0.4) is 0 Å². The molecule has 10 atom stereocenters. The molecule has 2 spiro atoms.